The van der Waals surface area contributed by atoms with Gasteiger partial charge in [-0.2, -0.15) is 0 Å². The van der Waals surface area contributed by atoms with Crippen molar-refractivity contribution in [3.05, 3.63) is 65.6 Å². The highest BCUT2D eigenvalue weighted by Gasteiger charge is 2.39. The van der Waals surface area contributed by atoms with E-state index < -0.39 is 11.6 Å². The molecule has 0 atom stereocenters. The number of aromatic nitrogens is 3. The number of nitrogens with one attached hydrogen (secondary N) is 2. The fraction of sp³-hybridized carbons (Fsp3) is 0.550. The van der Waals surface area contributed by atoms with Crippen LogP contribution in [0.15, 0.2) is 65.6 Å². The van der Waals surface area contributed by atoms with E-state index in [0.717, 1.165) is 89.9 Å². The lowest BCUT2D eigenvalue weighted by molar-refractivity contribution is -0.116. The zero-order valence-electron chi connectivity index (χ0n) is 30.8. The van der Waals surface area contributed by atoms with Crippen LogP contribution >= 0.6 is 0 Å². The average Bonchev–Trinajstić information content (AvgIpc) is 3.58. The highest BCUT2D eigenvalue weighted by atomic mass is 16.3. The number of aliphatic hydroxyl groups is 2. The number of unbranched alkanes of at least 4 members (excludes halogenated alkanes) is 16. The number of allylic oxidation sites excluding steroid dienone is 1. The Balaban J connectivity index is 1.51. The summed E-state index contributed by atoms with van der Waals surface area (Å²) in [7, 11) is 0. The van der Waals surface area contributed by atoms with Crippen molar-refractivity contribution in [3.63, 3.8) is 0 Å². The third-order valence-electron chi connectivity index (χ3n) is 9.63. The topological polar surface area (TPSA) is 185 Å². The fourth-order valence-electron chi connectivity index (χ4n) is 6.68. The van der Waals surface area contributed by atoms with Gasteiger partial charge in [0.2, 0.25) is 11.6 Å². The van der Waals surface area contributed by atoms with E-state index >= 15 is 0 Å². The molecule has 0 radical (unpaired) electrons. The van der Waals surface area contributed by atoms with Gasteiger partial charge in [-0.3, -0.25) is 14.6 Å². The van der Waals surface area contributed by atoms with Gasteiger partial charge < -0.3 is 26.6 Å². The molecule has 4 rings (SSSR count). The van der Waals surface area contributed by atoms with Crippen molar-refractivity contribution in [1.29, 1.82) is 0 Å². The fourth-order valence-corrected chi connectivity index (χ4v) is 6.68. The molecule has 1 aliphatic carbocycles. The Morgan fingerprint density at radius 2 is 1.10 bits per heavy atom. The molecule has 0 saturated heterocycles. The Bertz CT molecular complexity index is 1620. The van der Waals surface area contributed by atoms with Gasteiger partial charge in [0.25, 0.3) is 0 Å². The number of hydrazine groups is 1. The summed E-state index contributed by atoms with van der Waals surface area (Å²) < 4.78 is 1.46. The number of nitrogens with two attached hydrogens (primary N) is 2. The first-order chi connectivity index (χ1) is 25.5. The van der Waals surface area contributed by atoms with E-state index in [4.69, 9.17) is 21.8 Å². The second-order valence-electron chi connectivity index (χ2n) is 13.7. The van der Waals surface area contributed by atoms with Crippen LogP contribution in [0.3, 0.4) is 0 Å². The molecule has 1 aliphatic rings. The number of benzene rings is 2. The lowest BCUT2D eigenvalue weighted by Gasteiger charge is -2.30. The molecule has 2 aromatic carbocycles. The van der Waals surface area contributed by atoms with Crippen LogP contribution in [-0.2, 0) is 9.59 Å². The molecule has 1 heterocycles. The maximum atomic E-state index is 14.7. The summed E-state index contributed by atoms with van der Waals surface area (Å²) in [6, 6.07) is 14.4. The molecule has 0 fully saturated rings. The van der Waals surface area contributed by atoms with Crippen LogP contribution in [0.5, 0.6) is 0 Å². The molecule has 0 spiro atoms. The standard InChI is InChI=1S/C40H60N8O4/c41-31-23-15-17-25-33(31)47(42)37-35(43-27-19-11-7-3-1-5-9-13-21-29-49)40(52)38(48-34-26-18-16-24-32(34)45-46-48)36(39(37)51)44-28-20-12-8-4-2-6-10-14-22-30-50/h15-18,23-26,43-44,49-50H,1-14,19-22,27-30,41-42H2. The Kier molecular flexibility index (Phi) is 17.6. The van der Waals surface area contributed by atoms with Gasteiger partial charge in [-0.05, 0) is 49.9 Å². The lowest BCUT2D eigenvalue weighted by atomic mass is 9.97. The van der Waals surface area contributed by atoms with Gasteiger partial charge in [0.15, 0.2) is 0 Å². The van der Waals surface area contributed by atoms with Crippen molar-refractivity contribution in [3.8, 4) is 0 Å². The number of hydrogen-bond acceptors (Lipinski definition) is 11. The number of carbonyl (C=O) groups is 2. The Hall–Kier alpha value is -4.26. The summed E-state index contributed by atoms with van der Waals surface area (Å²) in [5, 5.41) is 34.4. The summed E-state index contributed by atoms with van der Waals surface area (Å²) in [6.07, 6.45) is 19.0. The van der Waals surface area contributed by atoms with E-state index in [-0.39, 0.29) is 36.0 Å². The number of Topliss-reactive ketones (excluding diaryl/α,β-unsaturated/α-hetero) is 2. The van der Waals surface area contributed by atoms with Crippen LogP contribution in [0.4, 0.5) is 11.4 Å². The zero-order chi connectivity index (χ0) is 37.0. The molecule has 284 valence electrons. The van der Waals surface area contributed by atoms with Crippen LogP contribution < -0.4 is 27.2 Å². The molecule has 0 saturated carbocycles. The first-order valence-corrected chi connectivity index (χ1v) is 19.5. The van der Waals surface area contributed by atoms with Crippen LogP contribution in [-0.4, -0.2) is 63.1 Å². The number of fused-ring (bicyclic) bond motifs is 1. The first kappa shape index (κ1) is 40.5. The Morgan fingerprint density at radius 3 is 1.65 bits per heavy atom. The normalized spacial score (nSPS) is 13.4. The summed E-state index contributed by atoms with van der Waals surface area (Å²) in [4.78, 5) is 29.3. The minimum Gasteiger partial charge on any atom is -0.397 e. The van der Waals surface area contributed by atoms with Gasteiger partial charge in [-0.1, -0.05) is 119 Å². The number of para-hydroxylation sites is 3. The maximum Gasteiger partial charge on any atom is 0.231 e. The number of carbonyl (C=O) groups excluding carboxylic acids is 2. The SMILES string of the molecule is Nc1ccccc1N(N)C1=C(NCCCCCCCCCCCO)C(=O)C(n2nnc3ccccc32)=C(NCCCCCCCCCCCO)C1=O. The van der Waals surface area contributed by atoms with Gasteiger partial charge in [0.05, 0.1) is 16.9 Å². The number of aliphatic hydroxyl groups excluding tert-OH is 2. The van der Waals surface area contributed by atoms with Crippen molar-refractivity contribution < 1.29 is 19.8 Å². The second-order valence-corrected chi connectivity index (χ2v) is 13.7. The number of hydrogen-bond donors (Lipinski definition) is 6. The highest BCUT2D eigenvalue weighted by Crippen LogP contribution is 2.32. The van der Waals surface area contributed by atoms with E-state index in [1.54, 1.807) is 24.3 Å². The second kappa shape index (κ2) is 22.6. The quantitative estimate of drug-likeness (QED) is 0.0176. The smallest absolute Gasteiger partial charge is 0.231 e. The van der Waals surface area contributed by atoms with Gasteiger partial charge in [0.1, 0.15) is 28.3 Å². The van der Waals surface area contributed by atoms with Crippen molar-refractivity contribution in [2.24, 2.45) is 5.84 Å². The number of nitrogens with zero attached hydrogens (tertiary/aromatic N) is 4. The average molecular weight is 717 g/mol. The lowest BCUT2D eigenvalue weighted by Crippen LogP contribution is -2.45. The van der Waals surface area contributed by atoms with E-state index in [9.17, 15) is 9.59 Å². The molecule has 0 amide bonds. The van der Waals surface area contributed by atoms with Crippen LogP contribution in [0.2, 0.25) is 0 Å². The first-order valence-electron chi connectivity index (χ1n) is 19.5. The monoisotopic (exact) mass is 716 g/mol. The van der Waals surface area contributed by atoms with Gasteiger partial charge in [0, 0.05) is 26.3 Å². The van der Waals surface area contributed by atoms with Crippen LogP contribution in [0.25, 0.3) is 16.7 Å². The zero-order valence-corrected chi connectivity index (χ0v) is 30.8. The Labute approximate surface area is 308 Å². The molecule has 0 aliphatic heterocycles. The predicted octanol–water partition coefficient (Wildman–Crippen LogP) is 6.11. The number of nitrogen functional groups attached to an aromatic ring is 1. The van der Waals surface area contributed by atoms with Crippen molar-refractivity contribution >= 4 is 39.7 Å². The van der Waals surface area contributed by atoms with Crippen molar-refractivity contribution in [1.82, 2.24) is 25.6 Å². The summed E-state index contributed by atoms with van der Waals surface area (Å²) >= 11 is 0. The predicted molar refractivity (Wildman–Crippen MR) is 209 cm³/mol. The summed E-state index contributed by atoms with van der Waals surface area (Å²) in [5.41, 5.74) is 8.74. The van der Waals surface area contributed by atoms with E-state index in [2.05, 4.69) is 20.9 Å². The Morgan fingerprint density at radius 1 is 0.615 bits per heavy atom. The molecule has 1 aromatic heterocycles. The van der Waals surface area contributed by atoms with Gasteiger partial charge >= 0.3 is 0 Å². The molecule has 52 heavy (non-hydrogen) atoms. The third kappa shape index (κ3) is 11.6. The van der Waals surface area contributed by atoms with E-state index in [0.29, 0.717) is 35.5 Å². The number of rotatable bonds is 27. The van der Waals surface area contributed by atoms with Crippen LogP contribution in [0, 0.1) is 0 Å². The molecule has 0 unspecified atom stereocenters. The van der Waals surface area contributed by atoms with Crippen molar-refractivity contribution in [2.45, 2.75) is 116 Å². The molecule has 12 nitrogen and oxygen atoms in total. The molecule has 12 heteroatoms. The minimum absolute atomic E-state index is 0.0302. The molecular weight excluding hydrogens is 656 g/mol. The van der Waals surface area contributed by atoms with Gasteiger partial charge in [-0.25, -0.2) is 10.5 Å². The van der Waals surface area contributed by atoms with E-state index in [1.807, 2.05) is 24.3 Å². The number of ketones is 2. The third-order valence-corrected chi connectivity index (χ3v) is 9.63. The molecule has 0 bridgehead atoms. The van der Waals surface area contributed by atoms with E-state index in [1.165, 1.54) is 35.4 Å². The molecule has 3 aromatic rings. The molecular formula is C40H60N8O4. The highest BCUT2D eigenvalue weighted by molar-refractivity contribution is 6.36. The van der Waals surface area contributed by atoms with Crippen molar-refractivity contribution in [2.75, 3.05) is 37.0 Å². The summed E-state index contributed by atoms with van der Waals surface area (Å²) in [5.74, 6) is 5.87. The van der Waals surface area contributed by atoms with Gasteiger partial charge in [-0.15, -0.1) is 5.10 Å². The maximum absolute atomic E-state index is 14.7. The largest absolute Gasteiger partial charge is 0.397 e. The number of anilines is 2. The van der Waals surface area contributed by atoms with Crippen LogP contribution in [0.1, 0.15) is 116 Å². The molecule has 8 N–H and O–H groups in total. The minimum atomic E-state index is -0.425. The summed E-state index contributed by atoms with van der Waals surface area (Å²) in [6.45, 7) is 1.51.